The predicted octanol–water partition coefficient (Wildman–Crippen LogP) is 2.01. The Morgan fingerprint density at radius 1 is 1.25 bits per heavy atom. The van der Waals surface area contributed by atoms with Crippen molar-refractivity contribution in [2.24, 2.45) is 11.1 Å². The summed E-state index contributed by atoms with van der Waals surface area (Å²) < 4.78 is 40.0. The number of halogens is 1. The smallest absolute Gasteiger partial charge is 0.240 e. The molecule has 2 rings (SSSR count). The van der Waals surface area contributed by atoms with Crippen molar-refractivity contribution in [1.29, 1.82) is 0 Å². The van der Waals surface area contributed by atoms with Gasteiger partial charge in [0.2, 0.25) is 10.0 Å². The van der Waals surface area contributed by atoms with Gasteiger partial charge in [0.15, 0.2) is 0 Å². The highest BCUT2D eigenvalue weighted by molar-refractivity contribution is 7.89. The van der Waals surface area contributed by atoms with Gasteiger partial charge in [-0.2, -0.15) is 0 Å². The summed E-state index contributed by atoms with van der Waals surface area (Å²) in [4.78, 5) is -0.0412. The Labute approximate surface area is 119 Å². The summed E-state index contributed by atoms with van der Waals surface area (Å²) in [7, 11) is -3.68. The lowest BCUT2D eigenvalue weighted by molar-refractivity contribution is 0.202. The largest absolute Gasteiger partial charge is 0.330 e. The van der Waals surface area contributed by atoms with E-state index < -0.39 is 15.8 Å². The number of nitrogens with two attached hydrogens (primary N) is 1. The standard InChI is InChI=1S/C14H21FN2O2S/c15-12-5-4-6-13(9-12)20(18,19)17-11-14(10-16)7-2-1-3-8-14/h4-6,9,17H,1-3,7-8,10-11,16H2. The van der Waals surface area contributed by atoms with E-state index in [2.05, 4.69) is 4.72 Å². The summed E-state index contributed by atoms with van der Waals surface area (Å²) in [6.45, 7) is 0.793. The number of rotatable bonds is 5. The van der Waals surface area contributed by atoms with Crippen LogP contribution in [0.1, 0.15) is 32.1 Å². The first-order valence-electron chi connectivity index (χ1n) is 6.93. The van der Waals surface area contributed by atoms with Crippen molar-refractivity contribution in [3.63, 3.8) is 0 Å². The first-order chi connectivity index (χ1) is 9.47. The van der Waals surface area contributed by atoms with E-state index in [0.29, 0.717) is 13.1 Å². The molecule has 0 atom stereocenters. The van der Waals surface area contributed by atoms with Crippen molar-refractivity contribution < 1.29 is 12.8 Å². The van der Waals surface area contributed by atoms with E-state index in [1.54, 1.807) is 0 Å². The highest BCUT2D eigenvalue weighted by atomic mass is 32.2. The van der Waals surface area contributed by atoms with Gasteiger partial charge >= 0.3 is 0 Å². The monoisotopic (exact) mass is 300 g/mol. The van der Waals surface area contributed by atoms with Gasteiger partial charge in [-0.05, 0) is 43.0 Å². The third kappa shape index (κ3) is 3.56. The van der Waals surface area contributed by atoms with Crippen LogP contribution in [-0.4, -0.2) is 21.5 Å². The Balaban J connectivity index is 2.08. The zero-order valence-corrected chi connectivity index (χ0v) is 12.3. The van der Waals surface area contributed by atoms with Gasteiger partial charge < -0.3 is 5.73 Å². The zero-order chi connectivity index (χ0) is 14.6. The molecule has 0 radical (unpaired) electrons. The minimum atomic E-state index is -3.68. The van der Waals surface area contributed by atoms with Gasteiger partial charge in [0.05, 0.1) is 4.90 Å². The lowest BCUT2D eigenvalue weighted by Gasteiger charge is -2.36. The molecule has 1 aliphatic rings. The molecule has 6 heteroatoms. The normalized spacial score (nSPS) is 18.9. The summed E-state index contributed by atoms with van der Waals surface area (Å²) >= 11 is 0. The molecular formula is C14H21FN2O2S. The molecule has 1 aromatic rings. The van der Waals surface area contributed by atoms with Crippen LogP contribution in [0.4, 0.5) is 4.39 Å². The summed E-state index contributed by atoms with van der Waals surface area (Å²) in [6, 6.07) is 5.03. The average molecular weight is 300 g/mol. The first-order valence-corrected chi connectivity index (χ1v) is 8.41. The zero-order valence-electron chi connectivity index (χ0n) is 11.4. The molecule has 1 aromatic carbocycles. The molecule has 3 N–H and O–H groups in total. The maximum atomic E-state index is 13.1. The van der Waals surface area contributed by atoms with E-state index in [-0.39, 0.29) is 10.3 Å². The molecule has 0 spiro atoms. The third-order valence-electron chi connectivity index (χ3n) is 4.09. The van der Waals surface area contributed by atoms with Gasteiger partial charge in [-0.15, -0.1) is 0 Å². The van der Waals surface area contributed by atoms with Crippen molar-refractivity contribution in [1.82, 2.24) is 4.72 Å². The van der Waals surface area contributed by atoms with Crippen LogP contribution in [0.25, 0.3) is 0 Å². The summed E-state index contributed by atoms with van der Waals surface area (Å²) in [6.07, 6.45) is 5.22. The van der Waals surface area contributed by atoms with Crippen molar-refractivity contribution in [2.75, 3.05) is 13.1 Å². The SMILES string of the molecule is NCC1(CNS(=O)(=O)c2cccc(F)c2)CCCCC1. The highest BCUT2D eigenvalue weighted by Crippen LogP contribution is 2.35. The van der Waals surface area contributed by atoms with Crippen molar-refractivity contribution in [3.8, 4) is 0 Å². The Kier molecular flexibility index (Phi) is 4.78. The number of hydrogen-bond donors (Lipinski definition) is 2. The maximum Gasteiger partial charge on any atom is 0.240 e. The van der Waals surface area contributed by atoms with Crippen LogP contribution in [0.2, 0.25) is 0 Å². The van der Waals surface area contributed by atoms with Crippen molar-refractivity contribution >= 4 is 10.0 Å². The number of sulfonamides is 1. The molecule has 0 amide bonds. The van der Waals surface area contributed by atoms with Gasteiger partial charge in [-0.1, -0.05) is 25.3 Å². The molecule has 0 unspecified atom stereocenters. The average Bonchev–Trinajstić information content (AvgIpc) is 2.46. The van der Waals surface area contributed by atoms with Crippen LogP contribution in [0.15, 0.2) is 29.2 Å². The first kappa shape index (κ1) is 15.4. The molecule has 0 heterocycles. The minimum Gasteiger partial charge on any atom is -0.330 e. The van der Waals surface area contributed by atoms with Crippen molar-refractivity contribution in [2.45, 2.75) is 37.0 Å². The molecule has 1 saturated carbocycles. The summed E-state index contributed by atoms with van der Waals surface area (Å²) in [5.74, 6) is -0.556. The third-order valence-corrected chi connectivity index (χ3v) is 5.49. The second kappa shape index (κ2) is 6.20. The molecule has 0 aliphatic heterocycles. The number of hydrogen-bond acceptors (Lipinski definition) is 3. The Hall–Kier alpha value is -0.980. The van der Waals surface area contributed by atoms with E-state index >= 15 is 0 Å². The Morgan fingerprint density at radius 2 is 1.95 bits per heavy atom. The van der Waals surface area contributed by atoms with Crippen LogP contribution in [0.5, 0.6) is 0 Å². The van der Waals surface area contributed by atoms with Gasteiger partial charge in [0.1, 0.15) is 5.82 Å². The summed E-state index contributed by atoms with van der Waals surface area (Å²) in [5, 5.41) is 0. The molecule has 1 fully saturated rings. The van der Waals surface area contributed by atoms with Gasteiger partial charge in [0, 0.05) is 6.54 Å². The molecular weight excluding hydrogens is 279 g/mol. The van der Waals surface area contributed by atoms with Gasteiger partial charge in [0.25, 0.3) is 0 Å². The van der Waals surface area contributed by atoms with Crippen LogP contribution in [0, 0.1) is 11.2 Å². The second-order valence-corrected chi connectivity index (χ2v) is 7.31. The van der Waals surface area contributed by atoms with Crippen LogP contribution < -0.4 is 10.5 Å². The van der Waals surface area contributed by atoms with E-state index in [9.17, 15) is 12.8 Å². The van der Waals surface area contributed by atoms with Gasteiger partial charge in [-0.25, -0.2) is 17.5 Å². The fraction of sp³-hybridized carbons (Fsp3) is 0.571. The van der Waals surface area contributed by atoms with E-state index in [0.717, 1.165) is 31.7 Å². The summed E-state index contributed by atoms with van der Waals surface area (Å²) in [5.41, 5.74) is 5.68. The topological polar surface area (TPSA) is 72.2 Å². The number of nitrogens with one attached hydrogen (secondary N) is 1. The molecule has 112 valence electrons. The number of benzene rings is 1. The maximum absolute atomic E-state index is 13.1. The molecule has 0 bridgehead atoms. The molecule has 1 aliphatic carbocycles. The molecule has 0 aromatic heterocycles. The minimum absolute atomic E-state index is 0.0412. The molecule has 0 saturated heterocycles. The second-order valence-electron chi connectivity index (χ2n) is 5.55. The van der Waals surface area contributed by atoms with Crippen LogP contribution >= 0.6 is 0 Å². The lowest BCUT2D eigenvalue weighted by atomic mass is 9.74. The Morgan fingerprint density at radius 3 is 2.55 bits per heavy atom. The predicted molar refractivity (Wildman–Crippen MR) is 76.2 cm³/mol. The Bertz CT molecular complexity index is 554. The van der Waals surface area contributed by atoms with E-state index in [1.807, 2.05) is 0 Å². The van der Waals surface area contributed by atoms with Crippen LogP contribution in [0.3, 0.4) is 0 Å². The fourth-order valence-corrected chi connectivity index (χ4v) is 3.91. The molecule has 4 nitrogen and oxygen atoms in total. The highest BCUT2D eigenvalue weighted by Gasteiger charge is 2.32. The lowest BCUT2D eigenvalue weighted by Crippen LogP contribution is -2.43. The van der Waals surface area contributed by atoms with Gasteiger partial charge in [-0.3, -0.25) is 0 Å². The van der Waals surface area contributed by atoms with Crippen molar-refractivity contribution in [3.05, 3.63) is 30.1 Å². The quantitative estimate of drug-likeness (QED) is 0.874. The van der Waals surface area contributed by atoms with Crippen LogP contribution in [-0.2, 0) is 10.0 Å². The molecule has 20 heavy (non-hydrogen) atoms. The van der Waals surface area contributed by atoms with E-state index in [1.165, 1.54) is 24.6 Å². The van der Waals surface area contributed by atoms with E-state index in [4.69, 9.17) is 5.73 Å². The fourth-order valence-electron chi connectivity index (χ4n) is 2.72.